The van der Waals surface area contributed by atoms with Gasteiger partial charge in [0.2, 0.25) is 16.0 Å². The fraction of sp³-hybridized carbons (Fsp3) is 0.231. The summed E-state index contributed by atoms with van der Waals surface area (Å²) in [6.45, 7) is 2.47. The fourth-order valence-electron chi connectivity index (χ4n) is 1.59. The summed E-state index contributed by atoms with van der Waals surface area (Å²) in [7, 11) is -3.53. The lowest BCUT2D eigenvalue weighted by Crippen LogP contribution is -2.29. The van der Waals surface area contributed by atoms with Crippen molar-refractivity contribution in [1.82, 2.24) is 14.7 Å². The molecule has 112 valence electrons. The summed E-state index contributed by atoms with van der Waals surface area (Å²) in [5.41, 5.74) is 0.842. The summed E-state index contributed by atoms with van der Waals surface area (Å²) in [5.74, 6) is 0.473. The van der Waals surface area contributed by atoms with E-state index < -0.39 is 10.0 Å². The van der Waals surface area contributed by atoms with Crippen LogP contribution in [0.4, 0.5) is 5.95 Å². The zero-order chi connectivity index (χ0) is 15.3. The monoisotopic (exact) mass is 326 g/mol. The first kappa shape index (κ1) is 15.7. The zero-order valence-electron chi connectivity index (χ0n) is 11.4. The van der Waals surface area contributed by atoms with Gasteiger partial charge in [-0.25, -0.2) is 23.1 Å². The molecule has 0 amide bonds. The van der Waals surface area contributed by atoms with E-state index in [-0.39, 0.29) is 11.4 Å². The topological polar surface area (TPSA) is 84.0 Å². The van der Waals surface area contributed by atoms with Crippen molar-refractivity contribution >= 4 is 27.6 Å². The molecule has 2 aromatic rings. The smallest absolute Gasteiger partial charge is 0.240 e. The number of hydrogen-bond donors (Lipinski definition) is 2. The summed E-state index contributed by atoms with van der Waals surface area (Å²) in [6.07, 6.45) is 1.64. The molecule has 0 aliphatic rings. The number of aromatic nitrogens is 2. The summed E-state index contributed by atoms with van der Waals surface area (Å²) in [5, 5.41) is 3.44. The average molecular weight is 327 g/mol. The number of anilines is 1. The molecule has 2 N–H and O–H groups in total. The van der Waals surface area contributed by atoms with Gasteiger partial charge in [-0.15, -0.1) is 0 Å². The van der Waals surface area contributed by atoms with Crippen molar-refractivity contribution in [3.63, 3.8) is 0 Å². The maximum atomic E-state index is 12.0. The molecule has 0 unspecified atom stereocenters. The first-order chi connectivity index (χ1) is 9.97. The van der Waals surface area contributed by atoms with E-state index in [1.165, 1.54) is 24.3 Å². The highest BCUT2D eigenvalue weighted by molar-refractivity contribution is 7.89. The van der Waals surface area contributed by atoms with Crippen molar-refractivity contribution in [2.24, 2.45) is 0 Å². The highest BCUT2D eigenvalue weighted by Gasteiger charge is 2.12. The molecule has 0 spiro atoms. The van der Waals surface area contributed by atoms with Gasteiger partial charge >= 0.3 is 0 Å². The number of hydrogen-bond acceptors (Lipinski definition) is 5. The summed E-state index contributed by atoms with van der Waals surface area (Å²) < 4.78 is 26.5. The Hall–Kier alpha value is -1.70. The predicted octanol–water partition coefficient (Wildman–Crippen LogP) is 1.83. The van der Waals surface area contributed by atoms with Crippen molar-refractivity contribution in [3.8, 4) is 0 Å². The minimum Gasteiger partial charge on any atom is -0.353 e. The summed E-state index contributed by atoms with van der Waals surface area (Å²) in [4.78, 5) is 8.37. The molecule has 0 radical (unpaired) electrons. The molecule has 2 rings (SSSR count). The second-order valence-corrected chi connectivity index (χ2v) is 6.50. The van der Waals surface area contributed by atoms with E-state index in [4.69, 9.17) is 11.6 Å². The molecule has 0 saturated carbocycles. The third kappa shape index (κ3) is 4.66. The Balaban J connectivity index is 1.86. The Morgan fingerprint density at radius 3 is 2.52 bits per heavy atom. The standard InChI is InChI=1S/C13H15ClN4O2S/c1-10-6-7-15-13(18-10)16-8-9-17-21(19,20)12-4-2-11(14)3-5-12/h2-7,17H,8-9H2,1H3,(H,15,16,18). The van der Waals surface area contributed by atoms with E-state index in [0.29, 0.717) is 17.5 Å². The average Bonchev–Trinajstić information content (AvgIpc) is 2.44. The van der Waals surface area contributed by atoms with Gasteiger partial charge in [-0.05, 0) is 37.3 Å². The van der Waals surface area contributed by atoms with Crippen LogP contribution in [0.5, 0.6) is 0 Å². The van der Waals surface area contributed by atoms with Gasteiger partial charge < -0.3 is 5.32 Å². The molecule has 0 saturated heterocycles. The van der Waals surface area contributed by atoms with E-state index in [2.05, 4.69) is 20.0 Å². The van der Waals surface area contributed by atoms with Crippen molar-refractivity contribution in [3.05, 3.63) is 47.2 Å². The highest BCUT2D eigenvalue weighted by Crippen LogP contribution is 2.13. The maximum absolute atomic E-state index is 12.0. The molecule has 0 aliphatic carbocycles. The first-order valence-corrected chi connectivity index (χ1v) is 8.12. The molecule has 0 atom stereocenters. The van der Waals surface area contributed by atoms with Crippen LogP contribution in [-0.2, 0) is 10.0 Å². The van der Waals surface area contributed by atoms with Crippen LogP contribution in [0.3, 0.4) is 0 Å². The van der Waals surface area contributed by atoms with Crippen LogP contribution < -0.4 is 10.0 Å². The van der Waals surface area contributed by atoms with Gasteiger partial charge in [0.25, 0.3) is 0 Å². The lowest BCUT2D eigenvalue weighted by Gasteiger charge is -2.08. The number of halogens is 1. The van der Waals surface area contributed by atoms with Crippen LogP contribution in [0.2, 0.25) is 5.02 Å². The van der Waals surface area contributed by atoms with Crippen molar-refractivity contribution in [2.75, 3.05) is 18.4 Å². The molecule has 1 aromatic carbocycles. The fourth-order valence-corrected chi connectivity index (χ4v) is 2.75. The Labute approximate surface area is 128 Å². The van der Waals surface area contributed by atoms with E-state index in [0.717, 1.165) is 5.69 Å². The van der Waals surface area contributed by atoms with E-state index in [1.54, 1.807) is 12.3 Å². The van der Waals surface area contributed by atoms with E-state index >= 15 is 0 Å². The van der Waals surface area contributed by atoms with E-state index in [1.807, 2.05) is 6.92 Å². The second-order valence-electron chi connectivity index (χ2n) is 4.30. The third-order valence-electron chi connectivity index (χ3n) is 2.62. The molecule has 0 aliphatic heterocycles. The summed E-state index contributed by atoms with van der Waals surface area (Å²) >= 11 is 5.73. The molecule has 6 nitrogen and oxygen atoms in total. The normalized spacial score (nSPS) is 11.3. The van der Waals surface area contributed by atoms with Crippen LogP contribution in [0.25, 0.3) is 0 Å². The van der Waals surface area contributed by atoms with Crippen molar-refractivity contribution in [2.45, 2.75) is 11.8 Å². The van der Waals surface area contributed by atoms with Gasteiger partial charge in [0.05, 0.1) is 4.90 Å². The third-order valence-corrected chi connectivity index (χ3v) is 4.35. The minimum atomic E-state index is -3.53. The van der Waals surface area contributed by atoms with Gasteiger partial charge in [-0.2, -0.15) is 0 Å². The molecular weight excluding hydrogens is 312 g/mol. The van der Waals surface area contributed by atoms with Crippen LogP contribution in [0, 0.1) is 6.92 Å². The lowest BCUT2D eigenvalue weighted by molar-refractivity contribution is 0.583. The molecule has 1 heterocycles. The molecule has 0 bridgehead atoms. The molecule has 0 fully saturated rings. The van der Waals surface area contributed by atoms with Crippen LogP contribution in [0.15, 0.2) is 41.4 Å². The Bertz CT molecular complexity index is 704. The number of nitrogens with one attached hydrogen (secondary N) is 2. The van der Waals surface area contributed by atoms with Gasteiger partial charge in [0.1, 0.15) is 0 Å². The van der Waals surface area contributed by atoms with Gasteiger partial charge in [0, 0.05) is 30.0 Å². The van der Waals surface area contributed by atoms with Gasteiger partial charge in [-0.3, -0.25) is 0 Å². The first-order valence-electron chi connectivity index (χ1n) is 6.26. The zero-order valence-corrected chi connectivity index (χ0v) is 12.9. The van der Waals surface area contributed by atoms with Crippen LogP contribution in [0.1, 0.15) is 5.69 Å². The van der Waals surface area contributed by atoms with E-state index in [9.17, 15) is 8.42 Å². The van der Waals surface area contributed by atoms with Crippen LogP contribution in [-0.4, -0.2) is 31.5 Å². The predicted molar refractivity (Wildman–Crippen MR) is 81.9 cm³/mol. The number of benzene rings is 1. The largest absolute Gasteiger partial charge is 0.353 e. The Kier molecular flexibility index (Phi) is 5.11. The molecule has 1 aromatic heterocycles. The Morgan fingerprint density at radius 1 is 1.14 bits per heavy atom. The highest BCUT2D eigenvalue weighted by atomic mass is 35.5. The SMILES string of the molecule is Cc1ccnc(NCCNS(=O)(=O)c2ccc(Cl)cc2)n1. The minimum absolute atomic E-state index is 0.179. The van der Waals surface area contributed by atoms with Crippen LogP contribution >= 0.6 is 11.6 Å². The number of nitrogens with zero attached hydrogens (tertiary/aromatic N) is 2. The number of aryl methyl sites for hydroxylation is 1. The number of rotatable bonds is 6. The molecular formula is C13H15ClN4O2S. The quantitative estimate of drug-likeness (QED) is 0.791. The van der Waals surface area contributed by atoms with Gasteiger partial charge in [0.15, 0.2) is 0 Å². The molecule has 21 heavy (non-hydrogen) atoms. The lowest BCUT2D eigenvalue weighted by atomic mass is 10.4. The maximum Gasteiger partial charge on any atom is 0.240 e. The van der Waals surface area contributed by atoms with Crippen molar-refractivity contribution in [1.29, 1.82) is 0 Å². The second kappa shape index (κ2) is 6.84. The summed E-state index contributed by atoms with van der Waals surface area (Å²) in [6, 6.07) is 7.78. The van der Waals surface area contributed by atoms with Crippen molar-refractivity contribution < 1.29 is 8.42 Å². The number of sulfonamides is 1. The van der Waals surface area contributed by atoms with Gasteiger partial charge in [-0.1, -0.05) is 11.6 Å². The molecule has 8 heteroatoms. The Morgan fingerprint density at radius 2 is 1.86 bits per heavy atom.